The van der Waals surface area contributed by atoms with Gasteiger partial charge in [-0.3, -0.25) is 4.79 Å². The molecule has 1 saturated heterocycles. The highest BCUT2D eigenvalue weighted by molar-refractivity contribution is 5.98. The van der Waals surface area contributed by atoms with E-state index in [0.717, 1.165) is 43.0 Å². The van der Waals surface area contributed by atoms with E-state index in [0.29, 0.717) is 11.6 Å². The molecule has 1 unspecified atom stereocenters. The summed E-state index contributed by atoms with van der Waals surface area (Å²) in [5.74, 6) is 0.437. The van der Waals surface area contributed by atoms with Gasteiger partial charge < -0.3 is 14.7 Å². The number of likely N-dealkylation sites (tertiary alicyclic amines) is 1. The van der Waals surface area contributed by atoms with E-state index in [9.17, 15) is 4.79 Å². The maximum absolute atomic E-state index is 12.9. The van der Waals surface area contributed by atoms with Crippen molar-refractivity contribution in [2.45, 2.75) is 31.7 Å². The van der Waals surface area contributed by atoms with Crippen molar-refractivity contribution in [2.24, 2.45) is 0 Å². The van der Waals surface area contributed by atoms with Crippen molar-refractivity contribution >= 4 is 16.7 Å². The molecule has 0 spiro atoms. The number of rotatable bonds is 5. The normalized spacial score (nSPS) is 17.7. The molecule has 23 heavy (non-hydrogen) atoms. The molecule has 0 saturated carbocycles. The molecule has 1 atom stereocenters. The first-order valence-corrected chi connectivity index (χ1v) is 8.10. The van der Waals surface area contributed by atoms with E-state index in [-0.39, 0.29) is 18.6 Å². The maximum Gasteiger partial charge on any atom is 0.272 e. The Morgan fingerprint density at radius 1 is 1.43 bits per heavy atom. The summed E-state index contributed by atoms with van der Waals surface area (Å²) >= 11 is 0. The molecule has 1 aliphatic heterocycles. The summed E-state index contributed by atoms with van der Waals surface area (Å²) in [5.41, 5.74) is 0.427. The number of hydrogen-bond acceptors (Lipinski definition) is 4. The molecule has 0 bridgehead atoms. The predicted octanol–water partition coefficient (Wildman–Crippen LogP) is 2.62. The predicted molar refractivity (Wildman–Crippen MR) is 88.7 cm³/mol. The van der Waals surface area contributed by atoms with E-state index in [4.69, 9.17) is 9.84 Å². The SMILES string of the molecule is COc1nc(C(=O)N2CCCC2CCCO)cc2ccccc12. The molecule has 2 heterocycles. The van der Waals surface area contributed by atoms with Crippen LogP contribution in [0.1, 0.15) is 36.2 Å². The standard InChI is InChI=1S/C18H22N2O3/c1-23-17-15-9-3-2-6-13(15)12-16(19-17)18(22)20-10-4-7-14(20)8-5-11-21/h2-3,6,9,12,14,21H,4-5,7-8,10-11H2,1H3. The van der Waals surface area contributed by atoms with Crippen molar-refractivity contribution in [3.63, 3.8) is 0 Å². The van der Waals surface area contributed by atoms with Gasteiger partial charge in [0.15, 0.2) is 0 Å². The number of carbonyl (C=O) groups is 1. The van der Waals surface area contributed by atoms with Gasteiger partial charge >= 0.3 is 0 Å². The number of pyridine rings is 1. The zero-order chi connectivity index (χ0) is 16.2. The Kier molecular flexibility index (Phi) is 4.76. The van der Waals surface area contributed by atoms with Gasteiger partial charge in [-0.05, 0) is 43.2 Å². The van der Waals surface area contributed by atoms with Gasteiger partial charge in [-0.15, -0.1) is 0 Å². The molecule has 3 rings (SSSR count). The first-order valence-electron chi connectivity index (χ1n) is 8.10. The van der Waals surface area contributed by atoms with Crippen LogP contribution < -0.4 is 4.74 Å². The summed E-state index contributed by atoms with van der Waals surface area (Å²) in [7, 11) is 1.57. The monoisotopic (exact) mass is 314 g/mol. The third-order valence-corrected chi connectivity index (χ3v) is 4.45. The van der Waals surface area contributed by atoms with Crippen LogP contribution in [0.25, 0.3) is 10.8 Å². The van der Waals surface area contributed by atoms with Gasteiger partial charge in [0.1, 0.15) is 5.69 Å². The summed E-state index contributed by atoms with van der Waals surface area (Å²) < 4.78 is 5.36. The van der Waals surface area contributed by atoms with Crippen LogP contribution in [0.5, 0.6) is 5.88 Å². The Hall–Kier alpha value is -2.14. The number of aromatic nitrogens is 1. The molecule has 0 aliphatic carbocycles. The lowest BCUT2D eigenvalue weighted by molar-refractivity contribution is 0.0718. The molecule has 122 valence electrons. The van der Waals surface area contributed by atoms with Crippen LogP contribution in [-0.4, -0.2) is 47.2 Å². The summed E-state index contributed by atoms with van der Waals surface area (Å²) in [6.07, 6.45) is 3.57. The highest BCUT2D eigenvalue weighted by atomic mass is 16.5. The molecular weight excluding hydrogens is 292 g/mol. The lowest BCUT2D eigenvalue weighted by Crippen LogP contribution is -2.36. The second-order valence-electron chi connectivity index (χ2n) is 5.90. The average molecular weight is 314 g/mol. The highest BCUT2D eigenvalue weighted by Gasteiger charge is 2.30. The Bertz CT molecular complexity index is 702. The molecule has 5 nitrogen and oxygen atoms in total. The highest BCUT2D eigenvalue weighted by Crippen LogP contribution is 2.27. The van der Waals surface area contributed by atoms with Crippen molar-refractivity contribution in [2.75, 3.05) is 20.3 Å². The Morgan fingerprint density at radius 2 is 2.26 bits per heavy atom. The largest absolute Gasteiger partial charge is 0.481 e. The Morgan fingerprint density at radius 3 is 3.04 bits per heavy atom. The zero-order valence-electron chi connectivity index (χ0n) is 13.4. The fourth-order valence-corrected chi connectivity index (χ4v) is 3.31. The van der Waals surface area contributed by atoms with E-state index >= 15 is 0 Å². The van der Waals surface area contributed by atoms with E-state index < -0.39 is 0 Å². The molecule has 2 aromatic rings. The molecule has 1 aromatic carbocycles. The molecule has 1 N–H and O–H groups in total. The second kappa shape index (κ2) is 6.96. The lowest BCUT2D eigenvalue weighted by atomic mass is 10.1. The fourth-order valence-electron chi connectivity index (χ4n) is 3.31. The molecule has 1 amide bonds. The number of aliphatic hydroxyl groups is 1. The number of ether oxygens (including phenoxy) is 1. The van der Waals surface area contributed by atoms with Gasteiger partial charge in [-0.1, -0.05) is 18.2 Å². The third kappa shape index (κ3) is 3.15. The van der Waals surface area contributed by atoms with Gasteiger partial charge in [0.2, 0.25) is 5.88 Å². The van der Waals surface area contributed by atoms with Crippen LogP contribution in [0.4, 0.5) is 0 Å². The van der Waals surface area contributed by atoms with Crippen LogP contribution in [-0.2, 0) is 0 Å². The Labute approximate surface area is 135 Å². The molecule has 5 heteroatoms. The van der Waals surface area contributed by atoms with E-state index in [1.165, 1.54) is 0 Å². The number of hydrogen-bond donors (Lipinski definition) is 1. The first kappa shape index (κ1) is 15.7. The van der Waals surface area contributed by atoms with Gasteiger partial charge in [-0.25, -0.2) is 4.98 Å². The van der Waals surface area contributed by atoms with Gasteiger partial charge in [0.25, 0.3) is 5.91 Å². The van der Waals surface area contributed by atoms with E-state index in [2.05, 4.69) is 4.98 Å². The molecule has 0 radical (unpaired) electrons. The molecule has 1 fully saturated rings. The van der Waals surface area contributed by atoms with Gasteiger partial charge in [0, 0.05) is 24.6 Å². The van der Waals surface area contributed by atoms with E-state index in [1.807, 2.05) is 35.2 Å². The average Bonchev–Trinajstić information content (AvgIpc) is 3.06. The molecule has 1 aromatic heterocycles. The lowest BCUT2D eigenvalue weighted by Gasteiger charge is -2.24. The maximum atomic E-state index is 12.9. The number of methoxy groups -OCH3 is 1. The van der Waals surface area contributed by atoms with Crippen molar-refractivity contribution in [1.82, 2.24) is 9.88 Å². The zero-order valence-corrected chi connectivity index (χ0v) is 13.4. The molecule has 1 aliphatic rings. The summed E-state index contributed by atoms with van der Waals surface area (Å²) in [5, 5.41) is 10.9. The van der Waals surface area contributed by atoms with Crippen LogP contribution in [0.2, 0.25) is 0 Å². The summed E-state index contributed by atoms with van der Waals surface area (Å²) in [6.45, 7) is 0.923. The van der Waals surface area contributed by atoms with Crippen molar-refractivity contribution < 1.29 is 14.6 Å². The van der Waals surface area contributed by atoms with Crippen LogP contribution in [0.3, 0.4) is 0 Å². The molecular formula is C18H22N2O3. The quantitative estimate of drug-likeness (QED) is 0.921. The van der Waals surface area contributed by atoms with Gasteiger partial charge in [0.05, 0.1) is 7.11 Å². The number of fused-ring (bicyclic) bond motifs is 1. The van der Waals surface area contributed by atoms with Crippen LogP contribution >= 0.6 is 0 Å². The second-order valence-corrected chi connectivity index (χ2v) is 5.90. The summed E-state index contributed by atoms with van der Waals surface area (Å²) in [4.78, 5) is 19.2. The number of carbonyl (C=O) groups excluding carboxylic acids is 1. The van der Waals surface area contributed by atoms with E-state index in [1.54, 1.807) is 7.11 Å². The minimum Gasteiger partial charge on any atom is -0.481 e. The van der Waals surface area contributed by atoms with Crippen molar-refractivity contribution in [1.29, 1.82) is 0 Å². The summed E-state index contributed by atoms with van der Waals surface area (Å²) in [6, 6.07) is 9.81. The van der Waals surface area contributed by atoms with Crippen molar-refractivity contribution in [3.05, 3.63) is 36.0 Å². The first-order chi connectivity index (χ1) is 11.2. The minimum absolute atomic E-state index is 0.0468. The minimum atomic E-state index is -0.0468. The number of benzene rings is 1. The Balaban J connectivity index is 1.91. The fraction of sp³-hybridized carbons (Fsp3) is 0.444. The number of nitrogens with zero attached hydrogens (tertiary/aromatic N) is 2. The number of aliphatic hydroxyl groups excluding tert-OH is 1. The number of amides is 1. The van der Waals surface area contributed by atoms with Crippen LogP contribution in [0.15, 0.2) is 30.3 Å². The van der Waals surface area contributed by atoms with Gasteiger partial charge in [-0.2, -0.15) is 0 Å². The topological polar surface area (TPSA) is 62.7 Å². The third-order valence-electron chi connectivity index (χ3n) is 4.45. The smallest absolute Gasteiger partial charge is 0.272 e. The van der Waals surface area contributed by atoms with Crippen molar-refractivity contribution in [3.8, 4) is 5.88 Å². The van der Waals surface area contributed by atoms with Crippen LogP contribution in [0, 0.1) is 0 Å².